The molecule has 2 aliphatic heterocycles. The van der Waals surface area contributed by atoms with Crippen molar-refractivity contribution in [2.75, 3.05) is 18.5 Å². The van der Waals surface area contributed by atoms with Crippen LogP contribution in [0.1, 0.15) is 59.8 Å². The summed E-state index contributed by atoms with van der Waals surface area (Å²) in [5.41, 5.74) is 0.952. The molecule has 2 aromatic carbocycles. The fourth-order valence-electron chi connectivity index (χ4n) is 5.68. The van der Waals surface area contributed by atoms with Gasteiger partial charge < -0.3 is 14.2 Å². The molecule has 0 aromatic heterocycles. The zero-order valence-corrected chi connectivity index (χ0v) is 23.4. The van der Waals surface area contributed by atoms with Crippen LogP contribution in [-0.2, 0) is 19.3 Å². The van der Waals surface area contributed by atoms with E-state index in [1.807, 2.05) is 58.0 Å². The fourth-order valence-corrected chi connectivity index (χ4v) is 7.54. The SMILES string of the molecule is CN1C(C2CCCCC2)CN(c2ccccc2)c2cc(Cl)c(B3OC(C)(C)C(C)(C)O3)cc2S1(=O)=O. The zero-order valence-electron chi connectivity index (χ0n) is 21.8. The minimum Gasteiger partial charge on any atom is -0.399 e. The lowest BCUT2D eigenvalue weighted by Gasteiger charge is -2.36. The smallest absolute Gasteiger partial charge is 0.399 e. The highest BCUT2D eigenvalue weighted by atomic mass is 35.5. The summed E-state index contributed by atoms with van der Waals surface area (Å²) in [5.74, 6) is 0.317. The van der Waals surface area contributed by atoms with Crippen LogP contribution in [0.3, 0.4) is 0 Å². The maximum absolute atomic E-state index is 14.2. The van der Waals surface area contributed by atoms with Crippen LogP contribution in [0.15, 0.2) is 47.4 Å². The summed E-state index contributed by atoms with van der Waals surface area (Å²) in [6.07, 6.45) is 5.60. The van der Waals surface area contributed by atoms with Crippen LogP contribution < -0.4 is 10.4 Å². The van der Waals surface area contributed by atoms with Crippen molar-refractivity contribution in [2.45, 2.75) is 81.9 Å². The maximum atomic E-state index is 14.2. The Bertz CT molecular complexity index is 1220. The van der Waals surface area contributed by atoms with Gasteiger partial charge in [0.25, 0.3) is 0 Å². The molecule has 1 aliphatic carbocycles. The van der Waals surface area contributed by atoms with Crippen LogP contribution in [0.2, 0.25) is 5.02 Å². The van der Waals surface area contributed by atoms with Crippen molar-refractivity contribution in [3.63, 3.8) is 0 Å². The number of nitrogens with zero attached hydrogens (tertiary/aromatic N) is 2. The number of hydrogen-bond acceptors (Lipinski definition) is 5. The van der Waals surface area contributed by atoms with E-state index < -0.39 is 28.3 Å². The predicted molar refractivity (Wildman–Crippen MR) is 146 cm³/mol. The van der Waals surface area contributed by atoms with E-state index in [1.54, 1.807) is 23.5 Å². The topological polar surface area (TPSA) is 59.1 Å². The summed E-state index contributed by atoms with van der Waals surface area (Å²) in [6, 6.07) is 13.3. The Morgan fingerprint density at radius 2 is 1.58 bits per heavy atom. The molecule has 3 aliphatic rings. The number of fused-ring (bicyclic) bond motifs is 1. The van der Waals surface area contributed by atoms with Crippen molar-refractivity contribution in [2.24, 2.45) is 5.92 Å². The van der Waals surface area contributed by atoms with E-state index in [4.69, 9.17) is 20.9 Å². The van der Waals surface area contributed by atoms with E-state index >= 15 is 0 Å². The molecule has 2 aromatic rings. The fraction of sp³-hybridized carbons (Fsp3) is 0.556. The van der Waals surface area contributed by atoms with Crippen molar-refractivity contribution in [3.05, 3.63) is 47.5 Å². The van der Waals surface area contributed by atoms with E-state index in [0.29, 0.717) is 28.6 Å². The van der Waals surface area contributed by atoms with E-state index in [9.17, 15) is 8.42 Å². The minimum atomic E-state index is -3.80. The molecule has 5 rings (SSSR count). The molecule has 9 heteroatoms. The van der Waals surface area contributed by atoms with Crippen LogP contribution in [-0.4, -0.2) is 50.7 Å². The third-order valence-electron chi connectivity index (χ3n) is 8.63. The van der Waals surface area contributed by atoms with Crippen LogP contribution in [0.5, 0.6) is 0 Å². The number of benzene rings is 2. The van der Waals surface area contributed by atoms with Gasteiger partial charge in [-0.2, -0.15) is 4.31 Å². The highest BCUT2D eigenvalue weighted by Crippen LogP contribution is 2.43. The highest BCUT2D eigenvalue weighted by Gasteiger charge is 2.53. The summed E-state index contributed by atoms with van der Waals surface area (Å²) in [5, 5.41) is 0.433. The number of rotatable bonds is 3. The summed E-state index contributed by atoms with van der Waals surface area (Å²) < 4.78 is 42.4. The summed E-state index contributed by atoms with van der Waals surface area (Å²) in [7, 11) is -2.82. The van der Waals surface area contributed by atoms with Gasteiger partial charge in [-0.1, -0.05) is 49.1 Å². The molecule has 1 atom stereocenters. The first-order chi connectivity index (χ1) is 16.9. The average molecular weight is 531 g/mol. The molecule has 1 saturated carbocycles. The van der Waals surface area contributed by atoms with Gasteiger partial charge in [-0.05, 0) is 70.7 Å². The van der Waals surface area contributed by atoms with E-state index in [0.717, 1.165) is 31.4 Å². The van der Waals surface area contributed by atoms with Crippen LogP contribution in [0.4, 0.5) is 11.4 Å². The lowest BCUT2D eigenvalue weighted by atomic mass is 9.79. The number of anilines is 2. The van der Waals surface area contributed by atoms with Gasteiger partial charge in [-0.15, -0.1) is 0 Å². The normalized spacial score (nSPS) is 26.0. The molecule has 1 saturated heterocycles. The maximum Gasteiger partial charge on any atom is 0.496 e. The largest absolute Gasteiger partial charge is 0.496 e. The van der Waals surface area contributed by atoms with Gasteiger partial charge >= 0.3 is 7.12 Å². The van der Waals surface area contributed by atoms with Crippen molar-refractivity contribution in [1.29, 1.82) is 0 Å². The molecular weight excluding hydrogens is 495 g/mol. The molecule has 6 nitrogen and oxygen atoms in total. The standard InChI is InChI=1S/C27H36BClN2O4S/c1-26(2)27(3,4)35-28(34-26)21-16-25-23(17-22(21)29)31(20-14-10-7-11-15-20)18-24(30(5)36(25,32)33)19-12-8-6-9-13-19/h7,10-11,14-17,19,24H,6,8-9,12-13,18H2,1-5H3. The molecule has 1 unspecified atom stereocenters. The van der Waals surface area contributed by atoms with Gasteiger partial charge in [-0.25, -0.2) is 8.42 Å². The van der Waals surface area contributed by atoms with Crippen molar-refractivity contribution >= 4 is 45.6 Å². The van der Waals surface area contributed by atoms with Gasteiger partial charge in [0.15, 0.2) is 0 Å². The van der Waals surface area contributed by atoms with Gasteiger partial charge in [0.05, 0.1) is 16.9 Å². The van der Waals surface area contributed by atoms with Gasteiger partial charge in [0, 0.05) is 35.8 Å². The second-order valence-corrected chi connectivity index (χ2v) is 13.7. The first-order valence-corrected chi connectivity index (χ1v) is 14.7. The Morgan fingerprint density at radius 1 is 0.972 bits per heavy atom. The van der Waals surface area contributed by atoms with Crippen LogP contribution in [0.25, 0.3) is 0 Å². The molecular formula is C27H36BClN2O4S. The lowest BCUT2D eigenvalue weighted by Crippen LogP contribution is -2.46. The van der Waals surface area contributed by atoms with Crippen molar-refractivity contribution in [3.8, 4) is 0 Å². The van der Waals surface area contributed by atoms with E-state index in [2.05, 4.69) is 4.90 Å². The summed E-state index contributed by atoms with van der Waals surface area (Å²) in [4.78, 5) is 2.36. The Labute approximate surface area is 221 Å². The second kappa shape index (κ2) is 9.31. The lowest BCUT2D eigenvalue weighted by molar-refractivity contribution is 0.00578. The van der Waals surface area contributed by atoms with Crippen molar-refractivity contribution in [1.82, 2.24) is 4.31 Å². The van der Waals surface area contributed by atoms with Gasteiger partial charge in [0.1, 0.15) is 4.90 Å². The Hall–Kier alpha value is -1.58. The first kappa shape index (κ1) is 26.0. The molecule has 0 radical (unpaired) electrons. The van der Waals surface area contributed by atoms with Crippen LogP contribution in [0, 0.1) is 5.92 Å². The number of sulfonamides is 1. The quantitative estimate of drug-likeness (QED) is 0.500. The molecule has 0 spiro atoms. The summed E-state index contributed by atoms with van der Waals surface area (Å²) >= 11 is 6.85. The third-order valence-corrected chi connectivity index (χ3v) is 10.9. The van der Waals surface area contributed by atoms with Crippen LogP contribution >= 0.6 is 11.6 Å². The minimum absolute atomic E-state index is 0.137. The molecule has 0 bridgehead atoms. The Morgan fingerprint density at radius 3 is 2.19 bits per heavy atom. The number of para-hydroxylation sites is 1. The van der Waals surface area contributed by atoms with Crippen molar-refractivity contribution < 1.29 is 17.7 Å². The number of hydrogen-bond donors (Lipinski definition) is 0. The molecule has 2 fully saturated rings. The molecule has 0 N–H and O–H groups in total. The van der Waals surface area contributed by atoms with Gasteiger partial charge in [0.2, 0.25) is 10.0 Å². The molecule has 0 amide bonds. The predicted octanol–water partition coefficient (Wildman–Crippen LogP) is 5.36. The first-order valence-electron chi connectivity index (χ1n) is 12.9. The molecule has 36 heavy (non-hydrogen) atoms. The monoisotopic (exact) mass is 530 g/mol. The Kier molecular flexibility index (Phi) is 6.74. The highest BCUT2D eigenvalue weighted by molar-refractivity contribution is 7.89. The van der Waals surface area contributed by atoms with E-state index in [1.165, 1.54) is 6.42 Å². The summed E-state index contributed by atoms with van der Waals surface area (Å²) in [6.45, 7) is 8.46. The molecule has 194 valence electrons. The number of halogens is 1. The Balaban J connectivity index is 1.66. The molecule has 2 heterocycles. The number of likely N-dealkylation sites (N-methyl/N-ethyl adjacent to an activating group) is 1. The van der Waals surface area contributed by atoms with Gasteiger partial charge in [-0.3, -0.25) is 0 Å². The third kappa shape index (κ3) is 4.39. The van der Waals surface area contributed by atoms with E-state index in [-0.39, 0.29) is 10.9 Å². The zero-order chi connectivity index (χ0) is 25.9. The second-order valence-electron chi connectivity index (χ2n) is 11.4. The average Bonchev–Trinajstić information content (AvgIpc) is 3.01.